The monoisotopic (exact) mass is 654 g/mol. The molecular formula is C49H38N2. The Labute approximate surface area is 300 Å². The number of nitrogens with zero attached hydrogens (tertiary/aromatic N) is 2. The molecule has 8 aromatic rings. The van der Waals surface area contributed by atoms with Crippen LogP contribution >= 0.6 is 0 Å². The predicted molar refractivity (Wildman–Crippen MR) is 216 cm³/mol. The lowest BCUT2D eigenvalue weighted by atomic mass is 9.72. The third-order valence-electron chi connectivity index (χ3n) is 10.4. The molecule has 2 nitrogen and oxygen atoms in total. The third kappa shape index (κ3) is 5.28. The van der Waals surface area contributed by atoms with Gasteiger partial charge in [0.1, 0.15) is 0 Å². The average Bonchev–Trinajstić information content (AvgIpc) is 3.19. The molecule has 2 heteroatoms. The summed E-state index contributed by atoms with van der Waals surface area (Å²) in [4.78, 5) is 4.84. The lowest BCUT2D eigenvalue weighted by Crippen LogP contribution is -2.31. The summed E-state index contributed by atoms with van der Waals surface area (Å²) in [7, 11) is 0. The number of hydrogen-bond acceptors (Lipinski definition) is 2. The van der Waals surface area contributed by atoms with Crippen molar-refractivity contribution in [3.8, 4) is 22.3 Å². The largest absolute Gasteiger partial charge is 0.311 e. The van der Waals surface area contributed by atoms with E-state index in [0.717, 1.165) is 17.1 Å². The molecule has 51 heavy (non-hydrogen) atoms. The van der Waals surface area contributed by atoms with Crippen molar-refractivity contribution >= 4 is 44.9 Å². The minimum absolute atomic E-state index is 0.196. The van der Waals surface area contributed by atoms with E-state index in [9.17, 15) is 0 Å². The van der Waals surface area contributed by atoms with Crippen molar-refractivity contribution in [2.75, 3.05) is 9.80 Å². The first-order valence-corrected chi connectivity index (χ1v) is 17.7. The summed E-state index contributed by atoms with van der Waals surface area (Å²) < 4.78 is 0. The van der Waals surface area contributed by atoms with Gasteiger partial charge in [-0.3, -0.25) is 0 Å². The van der Waals surface area contributed by atoms with Gasteiger partial charge < -0.3 is 9.80 Å². The summed E-state index contributed by atoms with van der Waals surface area (Å²) in [6, 6.07) is 70.3. The lowest BCUT2D eigenvalue weighted by molar-refractivity contribution is 0.632. The fourth-order valence-corrected chi connectivity index (χ4v) is 7.88. The molecule has 1 aliphatic rings. The van der Waals surface area contributed by atoms with Crippen molar-refractivity contribution in [3.05, 3.63) is 205 Å². The van der Waals surface area contributed by atoms with Gasteiger partial charge >= 0.3 is 0 Å². The Morgan fingerprint density at radius 3 is 1.67 bits per heavy atom. The minimum Gasteiger partial charge on any atom is -0.311 e. The van der Waals surface area contributed by atoms with Crippen molar-refractivity contribution in [1.29, 1.82) is 0 Å². The Hall–Kier alpha value is -6.38. The van der Waals surface area contributed by atoms with Crippen LogP contribution < -0.4 is 9.80 Å². The van der Waals surface area contributed by atoms with Crippen LogP contribution in [-0.2, 0) is 5.41 Å². The van der Waals surface area contributed by atoms with Crippen LogP contribution in [0.1, 0.15) is 25.0 Å². The molecule has 0 aromatic heterocycles. The van der Waals surface area contributed by atoms with Crippen LogP contribution in [-0.4, -0.2) is 0 Å². The van der Waals surface area contributed by atoms with E-state index in [1.165, 1.54) is 61.2 Å². The third-order valence-corrected chi connectivity index (χ3v) is 10.4. The molecule has 0 aliphatic carbocycles. The summed E-state index contributed by atoms with van der Waals surface area (Å²) in [5.41, 5.74) is 14.3. The zero-order chi connectivity index (χ0) is 34.4. The van der Waals surface area contributed by atoms with Crippen LogP contribution in [0.2, 0.25) is 0 Å². The Balaban J connectivity index is 1.25. The first-order chi connectivity index (χ1) is 25.1. The molecule has 0 saturated heterocycles. The van der Waals surface area contributed by atoms with E-state index in [1.54, 1.807) is 0 Å². The number of fused-ring (bicyclic) bond motifs is 3. The van der Waals surface area contributed by atoms with Crippen LogP contribution in [0.4, 0.5) is 34.1 Å². The van der Waals surface area contributed by atoms with Gasteiger partial charge in [0.2, 0.25) is 0 Å². The zero-order valence-corrected chi connectivity index (χ0v) is 28.9. The predicted octanol–water partition coefficient (Wildman–Crippen LogP) is 13.8. The van der Waals surface area contributed by atoms with Gasteiger partial charge in [0.15, 0.2) is 0 Å². The molecule has 8 aromatic carbocycles. The maximum absolute atomic E-state index is 2.52. The van der Waals surface area contributed by atoms with Gasteiger partial charge in [0.05, 0.1) is 17.1 Å². The maximum atomic E-state index is 2.52. The van der Waals surface area contributed by atoms with Crippen LogP contribution in [0.5, 0.6) is 0 Å². The normalized spacial score (nSPS) is 13.0. The second kappa shape index (κ2) is 12.5. The second-order valence-electron chi connectivity index (χ2n) is 13.8. The minimum atomic E-state index is -0.196. The number of anilines is 6. The SMILES string of the molecule is CC1(C)c2ccccc2N(c2c(-c3ccc(N(c4ccccc4)c4ccccc4)cc3)ccc3ccccc23)c2ccc(-c3ccccc3)cc21. The fourth-order valence-electron chi connectivity index (χ4n) is 7.88. The quantitative estimate of drug-likeness (QED) is 0.176. The van der Waals surface area contributed by atoms with Gasteiger partial charge in [0, 0.05) is 33.4 Å². The van der Waals surface area contributed by atoms with Crippen molar-refractivity contribution in [2.24, 2.45) is 0 Å². The molecule has 244 valence electrons. The molecular weight excluding hydrogens is 617 g/mol. The Morgan fingerprint density at radius 1 is 0.412 bits per heavy atom. The van der Waals surface area contributed by atoms with Gasteiger partial charge in [-0.05, 0) is 87.8 Å². The highest BCUT2D eigenvalue weighted by Crippen LogP contribution is 2.55. The zero-order valence-electron chi connectivity index (χ0n) is 28.9. The standard InChI is InChI=1S/C49H38N2/c1-49(2)44-24-14-15-25-46(44)51(47-33-29-38(34-45(47)49)35-16-6-3-7-17-35)48-42-23-13-12-18-36(42)28-32-43(48)37-26-30-41(31-27-37)50(39-19-8-4-9-20-39)40-21-10-5-11-22-40/h3-34H,1-2H3. The first-order valence-electron chi connectivity index (χ1n) is 17.7. The van der Waals surface area contributed by atoms with Crippen LogP contribution in [0.3, 0.4) is 0 Å². The highest BCUT2D eigenvalue weighted by atomic mass is 15.2. The molecule has 0 amide bonds. The first kappa shape index (κ1) is 30.7. The van der Waals surface area contributed by atoms with Crippen LogP contribution in [0.25, 0.3) is 33.0 Å². The van der Waals surface area contributed by atoms with Gasteiger partial charge in [0.25, 0.3) is 0 Å². The molecule has 0 radical (unpaired) electrons. The van der Waals surface area contributed by atoms with Crippen molar-refractivity contribution in [2.45, 2.75) is 19.3 Å². The van der Waals surface area contributed by atoms with E-state index in [0.29, 0.717) is 0 Å². The van der Waals surface area contributed by atoms with Gasteiger partial charge in [-0.25, -0.2) is 0 Å². The van der Waals surface area contributed by atoms with E-state index in [-0.39, 0.29) is 5.41 Å². The van der Waals surface area contributed by atoms with Gasteiger partial charge in [-0.15, -0.1) is 0 Å². The summed E-state index contributed by atoms with van der Waals surface area (Å²) >= 11 is 0. The number of rotatable bonds is 6. The topological polar surface area (TPSA) is 6.48 Å². The van der Waals surface area contributed by atoms with Crippen molar-refractivity contribution in [1.82, 2.24) is 0 Å². The van der Waals surface area contributed by atoms with Crippen LogP contribution in [0, 0.1) is 0 Å². The Morgan fingerprint density at radius 2 is 0.961 bits per heavy atom. The molecule has 0 atom stereocenters. The van der Waals surface area contributed by atoms with Crippen LogP contribution in [0.15, 0.2) is 194 Å². The Bertz CT molecular complexity index is 2440. The number of hydrogen-bond donors (Lipinski definition) is 0. The van der Waals surface area contributed by atoms with Crippen molar-refractivity contribution < 1.29 is 0 Å². The molecule has 0 fully saturated rings. The molecule has 1 heterocycles. The maximum Gasteiger partial charge on any atom is 0.0618 e. The van der Waals surface area contributed by atoms with Gasteiger partial charge in [-0.2, -0.15) is 0 Å². The van der Waals surface area contributed by atoms with E-state index >= 15 is 0 Å². The van der Waals surface area contributed by atoms with E-state index in [2.05, 4.69) is 218 Å². The fraction of sp³-hybridized carbons (Fsp3) is 0.0612. The Kier molecular flexibility index (Phi) is 7.51. The number of para-hydroxylation sites is 3. The average molecular weight is 655 g/mol. The van der Waals surface area contributed by atoms with Crippen molar-refractivity contribution in [3.63, 3.8) is 0 Å². The summed E-state index contributed by atoms with van der Waals surface area (Å²) in [6.07, 6.45) is 0. The molecule has 0 unspecified atom stereocenters. The van der Waals surface area contributed by atoms with E-state index in [4.69, 9.17) is 0 Å². The molecule has 0 bridgehead atoms. The van der Waals surface area contributed by atoms with E-state index < -0.39 is 0 Å². The summed E-state index contributed by atoms with van der Waals surface area (Å²) in [6.45, 7) is 4.73. The smallest absolute Gasteiger partial charge is 0.0618 e. The summed E-state index contributed by atoms with van der Waals surface area (Å²) in [5.74, 6) is 0. The molecule has 9 rings (SSSR count). The highest BCUT2D eigenvalue weighted by Gasteiger charge is 2.38. The van der Waals surface area contributed by atoms with E-state index in [1.807, 2.05) is 0 Å². The number of benzene rings is 8. The second-order valence-corrected chi connectivity index (χ2v) is 13.8. The molecule has 0 saturated carbocycles. The molecule has 1 aliphatic heterocycles. The lowest BCUT2D eigenvalue weighted by Gasteiger charge is -2.43. The molecule has 0 spiro atoms. The highest BCUT2D eigenvalue weighted by molar-refractivity contribution is 6.07. The molecule has 0 N–H and O–H groups in total. The van der Waals surface area contributed by atoms with Gasteiger partial charge in [-0.1, -0.05) is 153 Å². The summed E-state index contributed by atoms with van der Waals surface area (Å²) in [5, 5.41) is 2.44.